The van der Waals surface area contributed by atoms with Crippen LogP contribution in [-0.2, 0) is 0 Å². The smallest absolute Gasteiger partial charge is 0.239 e. The van der Waals surface area contributed by atoms with E-state index in [1.54, 1.807) is 0 Å². The lowest BCUT2D eigenvalue weighted by atomic mass is 9.75. The summed E-state index contributed by atoms with van der Waals surface area (Å²) in [7, 11) is 2.13. The van der Waals surface area contributed by atoms with Crippen LogP contribution >= 0.6 is 0 Å². The molecule has 0 bridgehead atoms. The Kier molecular flexibility index (Phi) is 4.64. The predicted octanol–water partition coefficient (Wildman–Crippen LogP) is 3.86. The van der Waals surface area contributed by atoms with Crippen molar-refractivity contribution in [1.82, 2.24) is 4.98 Å². The van der Waals surface area contributed by atoms with E-state index in [1.165, 1.54) is 25.7 Å². The Labute approximate surface area is 128 Å². The van der Waals surface area contributed by atoms with E-state index in [2.05, 4.69) is 30.8 Å². The summed E-state index contributed by atoms with van der Waals surface area (Å²) in [6.45, 7) is 8.69. The molecule has 1 aromatic heterocycles. The van der Waals surface area contributed by atoms with E-state index in [0.29, 0.717) is 23.0 Å². The number of nitrogen functional groups attached to an aromatic ring is 1. The Morgan fingerprint density at radius 2 is 1.90 bits per heavy atom. The van der Waals surface area contributed by atoms with E-state index >= 15 is 0 Å². The first-order chi connectivity index (χ1) is 9.78. The molecule has 0 amide bonds. The molecule has 0 saturated heterocycles. The molecule has 1 fully saturated rings. The molecule has 1 aliphatic carbocycles. The van der Waals surface area contributed by atoms with Crippen LogP contribution in [0.2, 0.25) is 0 Å². The average Bonchev–Trinajstić information content (AvgIpc) is 2.40. The van der Waals surface area contributed by atoms with Crippen molar-refractivity contribution < 1.29 is 4.74 Å². The molecule has 118 valence electrons. The molecule has 0 aromatic carbocycles. The van der Waals surface area contributed by atoms with Gasteiger partial charge in [-0.1, -0.05) is 13.8 Å². The van der Waals surface area contributed by atoms with E-state index in [9.17, 15) is 0 Å². The van der Waals surface area contributed by atoms with E-state index < -0.39 is 0 Å². The third kappa shape index (κ3) is 4.02. The molecule has 1 aliphatic rings. The summed E-state index contributed by atoms with van der Waals surface area (Å²) in [5, 5.41) is 0. The molecule has 1 saturated carbocycles. The fourth-order valence-corrected chi connectivity index (χ4v) is 2.91. The average molecular weight is 291 g/mol. The van der Waals surface area contributed by atoms with Crippen LogP contribution in [0.15, 0.2) is 12.1 Å². The lowest BCUT2D eigenvalue weighted by Crippen LogP contribution is -2.37. The van der Waals surface area contributed by atoms with Crippen LogP contribution in [0.4, 0.5) is 11.5 Å². The number of ether oxygens (including phenoxy) is 1. The molecule has 0 unspecified atom stereocenters. The van der Waals surface area contributed by atoms with Gasteiger partial charge in [0.25, 0.3) is 0 Å². The second-order valence-corrected chi connectivity index (χ2v) is 7.24. The summed E-state index contributed by atoms with van der Waals surface area (Å²) >= 11 is 0. The zero-order valence-corrected chi connectivity index (χ0v) is 14.0. The Morgan fingerprint density at radius 3 is 2.48 bits per heavy atom. The molecule has 1 heterocycles. The highest BCUT2D eigenvalue weighted by molar-refractivity contribution is 5.54. The van der Waals surface area contributed by atoms with E-state index in [1.807, 2.05) is 26.0 Å². The number of pyridine rings is 1. The Bertz CT molecular complexity index is 475. The molecular weight excluding hydrogens is 262 g/mol. The fourth-order valence-electron chi connectivity index (χ4n) is 2.91. The number of nitrogens with two attached hydrogens (primary N) is 1. The monoisotopic (exact) mass is 291 g/mol. The van der Waals surface area contributed by atoms with Gasteiger partial charge in [0, 0.05) is 13.1 Å². The van der Waals surface area contributed by atoms with E-state index in [-0.39, 0.29) is 6.10 Å². The molecule has 0 radical (unpaired) electrons. The van der Waals surface area contributed by atoms with Gasteiger partial charge in [-0.05, 0) is 57.1 Å². The first-order valence-corrected chi connectivity index (χ1v) is 7.94. The van der Waals surface area contributed by atoms with Crippen molar-refractivity contribution in [3.63, 3.8) is 0 Å². The largest absolute Gasteiger partial charge is 0.473 e. The third-order valence-electron chi connectivity index (χ3n) is 4.44. The second-order valence-electron chi connectivity index (χ2n) is 7.24. The van der Waals surface area contributed by atoms with Crippen molar-refractivity contribution in [3.05, 3.63) is 12.1 Å². The van der Waals surface area contributed by atoms with Gasteiger partial charge in [0.2, 0.25) is 5.88 Å². The van der Waals surface area contributed by atoms with Gasteiger partial charge < -0.3 is 15.4 Å². The minimum atomic E-state index is 0.0795. The summed E-state index contributed by atoms with van der Waals surface area (Å²) in [6, 6.07) is 4.44. The van der Waals surface area contributed by atoms with Crippen molar-refractivity contribution in [2.75, 3.05) is 17.7 Å². The summed E-state index contributed by atoms with van der Waals surface area (Å²) in [5.74, 6) is 1.50. The molecule has 21 heavy (non-hydrogen) atoms. The quantitative estimate of drug-likeness (QED) is 0.915. The van der Waals surface area contributed by atoms with E-state index in [0.717, 1.165) is 5.82 Å². The van der Waals surface area contributed by atoms with Crippen molar-refractivity contribution in [2.45, 2.75) is 65.5 Å². The maximum Gasteiger partial charge on any atom is 0.239 e. The summed E-state index contributed by atoms with van der Waals surface area (Å²) < 4.78 is 5.69. The van der Waals surface area contributed by atoms with Crippen LogP contribution in [0.5, 0.6) is 5.88 Å². The standard InChI is InChI=1S/C17H29N3O/c1-12(2)21-16-14(18)6-7-15(19-16)20(5)13-8-10-17(3,4)11-9-13/h6-7,12-13H,8-11,18H2,1-5H3. The van der Waals surface area contributed by atoms with Gasteiger partial charge in [0.05, 0.1) is 11.8 Å². The molecule has 0 aliphatic heterocycles. The first kappa shape index (κ1) is 15.9. The number of nitrogens with zero attached hydrogens (tertiary/aromatic N) is 2. The highest BCUT2D eigenvalue weighted by Crippen LogP contribution is 2.37. The lowest BCUT2D eigenvalue weighted by Gasteiger charge is -2.39. The van der Waals surface area contributed by atoms with Gasteiger partial charge in [-0.25, -0.2) is 0 Å². The van der Waals surface area contributed by atoms with Crippen molar-refractivity contribution in [1.29, 1.82) is 0 Å². The highest BCUT2D eigenvalue weighted by atomic mass is 16.5. The summed E-state index contributed by atoms with van der Waals surface area (Å²) in [4.78, 5) is 6.88. The van der Waals surface area contributed by atoms with Crippen LogP contribution in [-0.4, -0.2) is 24.2 Å². The Balaban J connectivity index is 2.10. The normalized spacial score (nSPS) is 18.8. The van der Waals surface area contributed by atoms with Crippen LogP contribution in [0.1, 0.15) is 53.4 Å². The van der Waals surface area contributed by atoms with Crippen LogP contribution in [0, 0.1) is 5.41 Å². The zero-order valence-electron chi connectivity index (χ0n) is 14.0. The van der Waals surface area contributed by atoms with Crippen LogP contribution in [0.3, 0.4) is 0 Å². The van der Waals surface area contributed by atoms with Gasteiger partial charge in [0.1, 0.15) is 5.82 Å². The molecule has 4 heteroatoms. The minimum Gasteiger partial charge on any atom is -0.473 e. The Hall–Kier alpha value is -1.45. The molecular formula is C17H29N3O. The van der Waals surface area contributed by atoms with Crippen LogP contribution < -0.4 is 15.4 Å². The van der Waals surface area contributed by atoms with Gasteiger partial charge in [-0.2, -0.15) is 4.98 Å². The first-order valence-electron chi connectivity index (χ1n) is 7.94. The fraction of sp³-hybridized carbons (Fsp3) is 0.706. The van der Waals surface area contributed by atoms with Crippen molar-refractivity contribution in [3.8, 4) is 5.88 Å². The summed E-state index contributed by atoms with van der Waals surface area (Å²) in [5.41, 5.74) is 7.03. The molecule has 0 spiro atoms. The number of rotatable bonds is 4. The molecule has 2 rings (SSSR count). The molecule has 2 N–H and O–H groups in total. The maximum absolute atomic E-state index is 5.95. The summed E-state index contributed by atoms with van der Waals surface area (Å²) in [6.07, 6.45) is 5.06. The highest BCUT2D eigenvalue weighted by Gasteiger charge is 2.29. The number of anilines is 2. The van der Waals surface area contributed by atoms with Crippen molar-refractivity contribution >= 4 is 11.5 Å². The number of hydrogen-bond acceptors (Lipinski definition) is 4. The van der Waals surface area contributed by atoms with Gasteiger partial charge >= 0.3 is 0 Å². The topological polar surface area (TPSA) is 51.4 Å². The number of aromatic nitrogens is 1. The SMILES string of the molecule is CC(C)Oc1nc(N(C)C2CCC(C)(C)CC2)ccc1N. The third-order valence-corrected chi connectivity index (χ3v) is 4.44. The molecule has 1 aromatic rings. The predicted molar refractivity (Wildman–Crippen MR) is 88.9 cm³/mol. The van der Waals surface area contributed by atoms with Crippen LogP contribution in [0.25, 0.3) is 0 Å². The van der Waals surface area contributed by atoms with E-state index in [4.69, 9.17) is 10.5 Å². The molecule has 0 atom stereocenters. The Morgan fingerprint density at radius 1 is 1.29 bits per heavy atom. The minimum absolute atomic E-state index is 0.0795. The molecule has 4 nitrogen and oxygen atoms in total. The van der Waals surface area contributed by atoms with Gasteiger partial charge in [-0.3, -0.25) is 0 Å². The van der Waals surface area contributed by atoms with Gasteiger partial charge in [0.15, 0.2) is 0 Å². The lowest BCUT2D eigenvalue weighted by molar-refractivity contribution is 0.221. The maximum atomic E-state index is 5.95. The van der Waals surface area contributed by atoms with Gasteiger partial charge in [-0.15, -0.1) is 0 Å². The number of hydrogen-bond donors (Lipinski definition) is 1. The zero-order chi connectivity index (χ0) is 15.6. The second kappa shape index (κ2) is 6.12. The van der Waals surface area contributed by atoms with Crippen molar-refractivity contribution in [2.24, 2.45) is 5.41 Å².